The third kappa shape index (κ3) is 5.80. The predicted octanol–water partition coefficient (Wildman–Crippen LogP) is 1.98. The summed E-state index contributed by atoms with van der Waals surface area (Å²) in [5, 5.41) is 3.19. The van der Waals surface area contributed by atoms with Crippen molar-refractivity contribution in [3.63, 3.8) is 0 Å². The van der Waals surface area contributed by atoms with E-state index in [0.717, 1.165) is 25.9 Å². The van der Waals surface area contributed by atoms with Gasteiger partial charge in [0.1, 0.15) is 23.5 Å². The molecule has 172 valence electrons. The van der Waals surface area contributed by atoms with E-state index < -0.39 is 5.97 Å². The van der Waals surface area contributed by atoms with Crippen molar-refractivity contribution in [1.82, 2.24) is 15.2 Å². The lowest BCUT2D eigenvalue weighted by molar-refractivity contribution is 0.0440. The zero-order valence-electron chi connectivity index (χ0n) is 18.1. The minimum atomic E-state index is -0.533. The normalized spacial score (nSPS) is 14.7. The van der Waals surface area contributed by atoms with Gasteiger partial charge in [0.05, 0.1) is 17.8 Å². The molecular weight excluding hydrogens is 436 g/mol. The molecule has 9 nitrogen and oxygen atoms in total. The fourth-order valence-electron chi connectivity index (χ4n) is 3.56. The molecule has 4 N–H and O–H groups in total. The lowest BCUT2D eigenvalue weighted by Gasteiger charge is -2.32. The number of likely N-dealkylation sites (tertiary alicyclic amines) is 1. The molecule has 2 heterocycles. The number of carbonyl (C=O) groups is 2. The Morgan fingerprint density at radius 2 is 1.97 bits per heavy atom. The van der Waals surface area contributed by atoms with Crippen LogP contribution in [0, 0.1) is 6.92 Å². The number of aromatic nitrogens is 1. The predicted molar refractivity (Wildman–Crippen MR) is 121 cm³/mol. The quantitative estimate of drug-likeness (QED) is 0.424. The third-order valence-electron chi connectivity index (χ3n) is 5.40. The Hall–Kier alpha value is -3.04. The standard InChI is InChI=1S/C22H27ClN4O5/c1-13-3-4-15(20(28)25-13)21(29)26-14-5-7-27(8-6-14)9-10-32-22(30)16-11-17(23)18(24)12-19(16)31-2/h3-4,11-12,14H,5-10,24H2,1-2H3,(H,25,28)(H,26,29). The van der Waals surface area contributed by atoms with Crippen LogP contribution in [0.25, 0.3) is 0 Å². The second kappa shape index (κ2) is 10.5. The molecule has 0 spiro atoms. The molecule has 1 aromatic heterocycles. The van der Waals surface area contributed by atoms with E-state index in [-0.39, 0.29) is 40.3 Å². The van der Waals surface area contributed by atoms with Crippen LogP contribution in [0.3, 0.4) is 0 Å². The molecular formula is C22H27ClN4O5. The number of hydrogen-bond acceptors (Lipinski definition) is 7. The lowest BCUT2D eigenvalue weighted by atomic mass is 10.0. The van der Waals surface area contributed by atoms with Crippen LogP contribution >= 0.6 is 11.6 Å². The molecule has 1 amide bonds. The molecule has 0 saturated carbocycles. The summed E-state index contributed by atoms with van der Waals surface area (Å²) < 4.78 is 10.6. The number of nitrogen functional groups attached to an aromatic ring is 1. The Kier molecular flexibility index (Phi) is 7.76. The second-order valence-electron chi connectivity index (χ2n) is 7.68. The molecule has 10 heteroatoms. The first-order chi connectivity index (χ1) is 15.3. The number of aryl methyl sites for hydroxylation is 1. The van der Waals surface area contributed by atoms with Gasteiger partial charge in [0.25, 0.3) is 11.5 Å². The first-order valence-electron chi connectivity index (χ1n) is 10.3. The number of hydrogen-bond donors (Lipinski definition) is 3. The SMILES string of the molecule is COc1cc(N)c(Cl)cc1C(=O)OCCN1CCC(NC(=O)c2ccc(C)[nH]c2=O)CC1. The highest BCUT2D eigenvalue weighted by atomic mass is 35.5. The molecule has 3 rings (SSSR count). The maximum atomic E-state index is 12.4. The number of ether oxygens (including phenoxy) is 2. The van der Waals surface area contributed by atoms with Crippen LogP contribution in [0.5, 0.6) is 5.75 Å². The van der Waals surface area contributed by atoms with Crippen molar-refractivity contribution in [2.45, 2.75) is 25.8 Å². The third-order valence-corrected chi connectivity index (χ3v) is 5.73. The number of nitrogens with zero attached hydrogens (tertiary/aromatic N) is 1. The van der Waals surface area contributed by atoms with Crippen LogP contribution < -0.4 is 21.3 Å². The Morgan fingerprint density at radius 3 is 2.62 bits per heavy atom. The van der Waals surface area contributed by atoms with Crippen molar-refractivity contribution < 1.29 is 19.1 Å². The number of carbonyl (C=O) groups excluding carboxylic acids is 2. The molecule has 0 bridgehead atoms. The summed E-state index contributed by atoms with van der Waals surface area (Å²) in [4.78, 5) is 41.5. The number of aromatic amines is 1. The van der Waals surface area contributed by atoms with E-state index >= 15 is 0 Å². The molecule has 1 aliphatic rings. The van der Waals surface area contributed by atoms with Gasteiger partial charge in [-0.25, -0.2) is 4.79 Å². The number of nitrogens with two attached hydrogens (primary N) is 1. The number of anilines is 1. The summed E-state index contributed by atoms with van der Waals surface area (Å²) in [6.07, 6.45) is 1.48. The van der Waals surface area contributed by atoms with E-state index in [1.165, 1.54) is 25.3 Å². The van der Waals surface area contributed by atoms with Crippen molar-refractivity contribution in [1.29, 1.82) is 0 Å². The first kappa shape index (κ1) is 23.6. The van der Waals surface area contributed by atoms with E-state index in [0.29, 0.717) is 23.7 Å². The number of esters is 1. The van der Waals surface area contributed by atoms with Crippen molar-refractivity contribution in [3.05, 3.63) is 56.5 Å². The first-order valence-corrected chi connectivity index (χ1v) is 10.7. The Labute approximate surface area is 190 Å². The zero-order chi connectivity index (χ0) is 23.3. The van der Waals surface area contributed by atoms with Gasteiger partial charge in [0, 0.05) is 37.4 Å². The molecule has 0 aliphatic carbocycles. The Balaban J connectivity index is 1.44. The number of amides is 1. The van der Waals surface area contributed by atoms with Gasteiger partial charge in [-0.15, -0.1) is 0 Å². The molecule has 32 heavy (non-hydrogen) atoms. The minimum absolute atomic E-state index is 0.0109. The van der Waals surface area contributed by atoms with Gasteiger partial charge >= 0.3 is 5.97 Å². The molecule has 0 unspecified atom stereocenters. The number of nitrogens with one attached hydrogen (secondary N) is 2. The Morgan fingerprint density at radius 1 is 1.25 bits per heavy atom. The van der Waals surface area contributed by atoms with Gasteiger partial charge in [-0.3, -0.25) is 14.5 Å². The van der Waals surface area contributed by atoms with E-state index in [2.05, 4.69) is 15.2 Å². The molecule has 1 saturated heterocycles. The maximum absolute atomic E-state index is 12.4. The summed E-state index contributed by atoms with van der Waals surface area (Å²) in [7, 11) is 1.44. The van der Waals surface area contributed by atoms with Crippen LogP contribution in [0.2, 0.25) is 5.02 Å². The van der Waals surface area contributed by atoms with E-state index in [1.54, 1.807) is 13.0 Å². The highest BCUT2D eigenvalue weighted by Crippen LogP contribution is 2.29. The van der Waals surface area contributed by atoms with Crippen LogP contribution in [0.15, 0.2) is 29.1 Å². The number of H-pyrrole nitrogens is 1. The second-order valence-corrected chi connectivity index (χ2v) is 8.09. The van der Waals surface area contributed by atoms with Gasteiger partial charge in [-0.05, 0) is 38.0 Å². The van der Waals surface area contributed by atoms with Gasteiger partial charge in [-0.1, -0.05) is 11.6 Å². The Bertz CT molecular complexity index is 1050. The van der Waals surface area contributed by atoms with Crippen molar-refractivity contribution in [2.24, 2.45) is 0 Å². The van der Waals surface area contributed by atoms with Crippen molar-refractivity contribution >= 4 is 29.2 Å². The average molecular weight is 463 g/mol. The van der Waals surface area contributed by atoms with E-state index in [4.69, 9.17) is 26.8 Å². The summed E-state index contributed by atoms with van der Waals surface area (Å²) in [5.74, 6) is -0.593. The van der Waals surface area contributed by atoms with Gasteiger partial charge in [0.2, 0.25) is 0 Å². The smallest absolute Gasteiger partial charge is 0.342 e. The molecule has 1 aromatic carbocycles. The summed E-state index contributed by atoms with van der Waals surface area (Å²) in [5.41, 5.74) is 6.71. The molecule has 2 aromatic rings. The number of rotatable bonds is 7. The average Bonchev–Trinajstić information content (AvgIpc) is 2.76. The number of piperidine rings is 1. The largest absolute Gasteiger partial charge is 0.496 e. The van der Waals surface area contributed by atoms with Crippen LogP contribution in [-0.4, -0.2) is 61.2 Å². The van der Waals surface area contributed by atoms with Crippen molar-refractivity contribution in [2.75, 3.05) is 39.1 Å². The summed E-state index contributed by atoms with van der Waals surface area (Å²) in [6, 6.07) is 6.15. The van der Waals surface area contributed by atoms with Crippen LogP contribution in [0.1, 0.15) is 39.3 Å². The number of halogens is 1. The highest BCUT2D eigenvalue weighted by molar-refractivity contribution is 6.33. The topological polar surface area (TPSA) is 127 Å². The number of methoxy groups -OCH3 is 1. The van der Waals surface area contributed by atoms with Crippen molar-refractivity contribution in [3.8, 4) is 5.75 Å². The van der Waals surface area contributed by atoms with Crippen LogP contribution in [-0.2, 0) is 4.74 Å². The van der Waals surface area contributed by atoms with Gasteiger partial charge in [0.15, 0.2) is 0 Å². The number of pyridine rings is 1. The minimum Gasteiger partial charge on any atom is -0.496 e. The fourth-order valence-corrected chi connectivity index (χ4v) is 3.72. The van der Waals surface area contributed by atoms with E-state index in [9.17, 15) is 14.4 Å². The maximum Gasteiger partial charge on any atom is 0.342 e. The van der Waals surface area contributed by atoms with Gasteiger partial charge in [-0.2, -0.15) is 0 Å². The van der Waals surface area contributed by atoms with Gasteiger partial charge < -0.3 is 25.5 Å². The van der Waals surface area contributed by atoms with Crippen LogP contribution in [0.4, 0.5) is 5.69 Å². The van der Waals surface area contributed by atoms with E-state index in [1.807, 2.05) is 0 Å². The zero-order valence-corrected chi connectivity index (χ0v) is 18.8. The molecule has 0 atom stereocenters. The monoisotopic (exact) mass is 462 g/mol. The molecule has 1 aliphatic heterocycles. The lowest BCUT2D eigenvalue weighted by Crippen LogP contribution is -2.46. The number of benzene rings is 1. The summed E-state index contributed by atoms with van der Waals surface area (Å²) >= 11 is 6.00. The molecule has 0 radical (unpaired) electrons. The molecule has 1 fully saturated rings. The highest BCUT2D eigenvalue weighted by Gasteiger charge is 2.23. The fraction of sp³-hybridized carbons (Fsp3) is 0.409. The summed E-state index contributed by atoms with van der Waals surface area (Å²) in [6.45, 7) is 4.01.